The minimum absolute atomic E-state index is 0.0332. The van der Waals surface area contributed by atoms with Crippen LogP contribution in [0.2, 0.25) is 0 Å². The third kappa shape index (κ3) is 3.09. The molecule has 6 heteroatoms. The van der Waals surface area contributed by atoms with E-state index in [1.165, 1.54) is 18.1 Å². The first-order valence-electron chi connectivity index (χ1n) is 8.82. The number of anilines is 1. The average molecular weight is 387 g/mol. The van der Waals surface area contributed by atoms with E-state index < -0.39 is 29.3 Å². The Kier molecular flexibility index (Phi) is 4.71. The second kappa shape index (κ2) is 7.19. The van der Waals surface area contributed by atoms with Gasteiger partial charge in [-0.3, -0.25) is 0 Å². The van der Waals surface area contributed by atoms with Crippen LogP contribution in [-0.2, 0) is 6.42 Å². The minimum Gasteiger partial charge on any atom is -0.497 e. The number of hydrogen-bond acceptors (Lipinski definition) is 2. The number of hydrogen-bond donors (Lipinski definition) is 0. The van der Waals surface area contributed by atoms with Gasteiger partial charge in [0.2, 0.25) is 0 Å². The molecule has 0 amide bonds. The van der Waals surface area contributed by atoms with E-state index in [9.17, 15) is 17.6 Å². The molecular formula is C22H17F4NO. The van der Waals surface area contributed by atoms with Crippen molar-refractivity contribution in [3.63, 3.8) is 0 Å². The molecule has 3 aromatic carbocycles. The molecule has 1 heterocycles. The third-order valence-electron chi connectivity index (χ3n) is 5.07. The summed E-state index contributed by atoms with van der Waals surface area (Å²) in [4.78, 5) is 1.51. The van der Waals surface area contributed by atoms with E-state index in [0.29, 0.717) is 17.7 Å². The van der Waals surface area contributed by atoms with Gasteiger partial charge >= 0.3 is 0 Å². The van der Waals surface area contributed by atoms with Crippen LogP contribution < -0.4 is 9.64 Å². The highest BCUT2D eigenvalue weighted by molar-refractivity contribution is 5.58. The van der Waals surface area contributed by atoms with Gasteiger partial charge in [0, 0.05) is 12.6 Å². The first-order chi connectivity index (χ1) is 13.5. The molecule has 3 aromatic rings. The highest BCUT2D eigenvalue weighted by Gasteiger charge is 2.34. The van der Waals surface area contributed by atoms with E-state index in [1.54, 1.807) is 18.2 Å². The van der Waals surface area contributed by atoms with Crippen LogP contribution in [0.1, 0.15) is 22.7 Å². The highest BCUT2D eigenvalue weighted by atomic mass is 19.1. The molecule has 1 aliphatic heterocycles. The average Bonchev–Trinajstić information content (AvgIpc) is 2.69. The molecule has 0 saturated carbocycles. The fourth-order valence-corrected chi connectivity index (χ4v) is 3.78. The summed E-state index contributed by atoms with van der Waals surface area (Å²) < 4.78 is 63.0. The quantitative estimate of drug-likeness (QED) is 0.558. The molecule has 0 unspecified atom stereocenters. The van der Waals surface area contributed by atoms with E-state index in [0.717, 1.165) is 35.9 Å². The Balaban J connectivity index is 1.95. The lowest BCUT2D eigenvalue weighted by atomic mass is 9.87. The van der Waals surface area contributed by atoms with Crippen LogP contribution in [0.15, 0.2) is 54.6 Å². The minimum atomic E-state index is -0.938. The van der Waals surface area contributed by atoms with Crippen LogP contribution in [0, 0.1) is 23.3 Å². The maximum atomic E-state index is 14.7. The van der Waals surface area contributed by atoms with Crippen molar-refractivity contribution >= 4 is 5.69 Å². The molecule has 0 bridgehead atoms. The largest absolute Gasteiger partial charge is 0.497 e. The molecule has 0 aliphatic carbocycles. The molecule has 1 aliphatic rings. The van der Waals surface area contributed by atoms with Gasteiger partial charge in [-0.25, -0.2) is 17.6 Å². The van der Waals surface area contributed by atoms with E-state index in [1.807, 2.05) is 0 Å². The van der Waals surface area contributed by atoms with Gasteiger partial charge in [-0.15, -0.1) is 0 Å². The molecule has 144 valence electrons. The Morgan fingerprint density at radius 3 is 2.36 bits per heavy atom. The van der Waals surface area contributed by atoms with Crippen LogP contribution in [0.25, 0.3) is 0 Å². The van der Waals surface area contributed by atoms with Crippen LogP contribution in [0.5, 0.6) is 5.75 Å². The van der Waals surface area contributed by atoms with Gasteiger partial charge in [-0.05, 0) is 53.9 Å². The smallest absolute Gasteiger partial charge is 0.146 e. The van der Waals surface area contributed by atoms with Crippen molar-refractivity contribution in [2.75, 3.05) is 18.6 Å². The summed E-state index contributed by atoms with van der Waals surface area (Å²) in [5, 5.41) is 0. The van der Waals surface area contributed by atoms with Gasteiger partial charge in [-0.2, -0.15) is 0 Å². The summed E-state index contributed by atoms with van der Waals surface area (Å²) in [5.74, 6) is -2.13. The van der Waals surface area contributed by atoms with Gasteiger partial charge < -0.3 is 9.64 Å². The maximum absolute atomic E-state index is 14.7. The molecule has 4 rings (SSSR count). The Morgan fingerprint density at radius 1 is 0.893 bits per heavy atom. The van der Waals surface area contributed by atoms with E-state index >= 15 is 0 Å². The Labute approximate surface area is 160 Å². The fraction of sp³-hybridized carbons (Fsp3) is 0.182. The number of benzene rings is 3. The summed E-state index contributed by atoms with van der Waals surface area (Å²) >= 11 is 0. The lowest BCUT2D eigenvalue weighted by Gasteiger charge is -2.39. The first-order valence-corrected chi connectivity index (χ1v) is 8.82. The topological polar surface area (TPSA) is 12.5 Å². The number of halogens is 4. The molecule has 28 heavy (non-hydrogen) atoms. The predicted molar refractivity (Wildman–Crippen MR) is 98.6 cm³/mol. The van der Waals surface area contributed by atoms with Crippen molar-refractivity contribution in [3.8, 4) is 5.75 Å². The summed E-state index contributed by atoms with van der Waals surface area (Å²) in [6.45, 7) is 0.263. The zero-order valence-electron chi connectivity index (χ0n) is 15.1. The number of methoxy groups -OCH3 is 1. The van der Waals surface area contributed by atoms with Crippen molar-refractivity contribution in [1.82, 2.24) is 0 Å². The van der Waals surface area contributed by atoms with Gasteiger partial charge in [0.15, 0.2) is 0 Å². The van der Waals surface area contributed by atoms with Crippen molar-refractivity contribution in [2.24, 2.45) is 0 Å². The molecule has 0 spiro atoms. The van der Waals surface area contributed by atoms with Gasteiger partial charge in [0.25, 0.3) is 0 Å². The molecule has 0 saturated heterocycles. The van der Waals surface area contributed by atoms with Gasteiger partial charge in [-0.1, -0.05) is 12.1 Å². The summed E-state index contributed by atoms with van der Waals surface area (Å²) in [6.07, 6.45) is 0.495. The van der Waals surface area contributed by atoms with Crippen LogP contribution in [0.3, 0.4) is 0 Å². The summed E-state index contributed by atoms with van der Waals surface area (Å²) in [5.41, 5.74) is 1.24. The number of nitrogens with zero attached hydrogens (tertiary/aromatic N) is 1. The van der Waals surface area contributed by atoms with E-state index in [4.69, 9.17) is 4.74 Å². The van der Waals surface area contributed by atoms with Crippen molar-refractivity contribution in [1.29, 1.82) is 0 Å². The van der Waals surface area contributed by atoms with Gasteiger partial charge in [0.1, 0.15) is 29.0 Å². The van der Waals surface area contributed by atoms with Crippen molar-refractivity contribution in [2.45, 2.75) is 12.5 Å². The predicted octanol–water partition coefficient (Wildman–Crippen LogP) is 5.40. The lowest BCUT2D eigenvalue weighted by molar-refractivity contribution is 0.413. The number of ether oxygens (including phenoxy) is 1. The zero-order valence-corrected chi connectivity index (χ0v) is 15.1. The third-order valence-corrected chi connectivity index (χ3v) is 5.07. The monoisotopic (exact) mass is 387 g/mol. The highest BCUT2D eigenvalue weighted by Crippen LogP contribution is 2.42. The summed E-state index contributed by atoms with van der Waals surface area (Å²) in [7, 11) is 1.53. The first kappa shape index (κ1) is 18.3. The lowest BCUT2D eigenvalue weighted by Crippen LogP contribution is -2.37. The van der Waals surface area contributed by atoms with Crippen molar-refractivity contribution in [3.05, 3.63) is 94.6 Å². The number of fused-ring (bicyclic) bond motifs is 1. The SMILES string of the molecule is COc1ccc2c(c1)CCN(c1cc(F)ccc1F)[C@@H]2c1c(F)cccc1F. The number of rotatable bonds is 3. The molecule has 1 atom stereocenters. The Hall–Kier alpha value is -3.02. The zero-order chi connectivity index (χ0) is 19.8. The second-order valence-corrected chi connectivity index (χ2v) is 6.64. The molecular weight excluding hydrogens is 370 g/mol. The molecule has 2 nitrogen and oxygen atoms in total. The molecule has 0 aromatic heterocycles. The standard InChI is InChI=1S/C22H17F4NO/c1-28-15-6-7-16-13(11-15)9-10-27(20-12-14(23)5-8-17(20)24)22(16)21-18(25)3-2-4-19(21)26/h2-8,11-12,22H,9-10H2,1H3/t22-/m0/s1. The Bertz CT molecular complexity index is 1020. The molecule has 0 fully saturated rings. The fourth-order valence-electron chi connectivity index (χ4n) is 3.78. The molecule has 0 N–H and O–H groups in total. The van der Waals surface area contributed by atoms with Crippen molar-refractivity contribution < 1.29 is 22.3 Å². The van der Waals surface area contributed by atoms with Gasteiger partial charge in [0.05, 0.1) is 24.4 Å². The molecule has 0 radical (unpaired) electrons. The van der Waals surface area contributed by atoms with E-state index in [2.05, 4.69) is 0 Å². The second-order valence-electron chi connectivity index (χ2n) is 6.64. The summed E-state index contributed by atoms with van der Waals surface area (Å²) in [6, 6.07) is 11.0. The van der Waals surface area contributed by atoms with Crippen LogP contribution >= 0.6 is 0 Å². The maximum Gasteiger partial charge on any atom is 0.146 e. The van der Waals surface area contributed by atoms with Crippen LogP contribution in [0.4, 0.5) is 23.2 Å². The normalized spacial score (nSPS) is 16.0. The van der Waals surface area contributed by atoms with E-state index in [-0.39, 0.29) is 17.8 Å². The van der Waals surface area contributed by atoms with Crippen LogP contribution in [-0.4, -0.2) is 13.7 Å². The Morgan fingerprint density at radius 2 is 1.64 bits per heavy atom.